The summed E-state index contributed by atoms with van der Waals surface area (Å²) in [7, 11) is 5.37. The van der Waals surface area contributed by atoms with Crippen LogP contribution in [0, 0.1) is 5.92 Å². The number of pyridine rings is 1. The fourth-order valence-electron chi connectivity index (χ4n) is 8.94. The maximum atomic E-state index is 13.5. The van der Waals surface area contributed by atoms with Crippen LogP contribution in [0.2, 0.25) is 5.02 Å². The molecule has 3 aliphatic rings. The zero-order chi connectivity index (χ0) is 41.7. The van der Waals surface area contributed by atoms with Crippen molar-refractivity contribution >= 4 is 73.3 Å². The molecule has 0 radical (unpaired) electrons. The van der Waals surface area contributed by atoms with E-state index >= 15 is 0 Å². The lowest BCUT2D eigenvalue weighted by Crippen LogP contribution is -2.45. The molecule has 312 valence electrons. The number of alkyl halides is 3. The summed E-state index contributed by atoms with van der Waals surface area (Å²) >= 11 is 8.19. The summed E-state index contributed by atoms with van der Waals surface area (Å²) in [6.45, 7) is 2.55. The number of aryl methyl sites for hydroxylation is 1. The first-order valence-corrected chi connectivity index (χ1v) is 20.9. The van der Waals surface area contributed by atoms with Gasteiger partial charge in [-0.25, -0.2) is 14.8 Å². The van der Waals surface area contributed by atoms with Gasteiger partial charge in [-0.1, -0.05) is 17.7 Å². The highest BCUT2D eigenvalue weighted by Gasteiger charge is 2.35. The van der Waals surface area contributed by atoms with Crippen LogP contribution in [0.15, 0.2) is 47.3 Å². The molecular weight excluding hydrogens is 809 g/mol. The summed E-state index contributed by atoms with van der Waals surface area (Å²) in [6.07, 6.45) is 1.76. The topological polar surface area (TPSA) is 144 Å². The molecule has 3 aromatic heterocycles. The Balaban J connectivity index is 0.875. The number of anilines is 2. The molecule has 1 atom stereocenters. The highest BCUT2D eigenvalue weighted by Crippen LogP contribution is 2.42. The molecule has 2 N–H and O–H groups in total. The Morgan fingerprint density at radius 1 is 1.03 bits per heavy atom. The number of carbonyl (C=O) groups excluding carboxylic acids is 3. The van der Waals surface area contributed by atoms with Gasteiger partial charge in [0.2, 0.25) is 11.8 Å². The van der Waals surface area contributed by atoms with Gasteiger partial charge in [-0.15, -0.1) is 11.3 Å². The number of halogens is 4. The Bertz CT molecular complexity index is 2500. The van der Waals surface area contributed by atoms with Crippen LogP contribution in [0.3, 0.4) is 0 Å². The quantitative estimate of drug-likeness (QED) is 0.148. The molecule has 13 nitrogen and oxygen atoms in total. The van der Waals surface area contributed by atoms with Crippen LogP contribution in [0.25, 0.3) is 21.3 Å². The Labute approximate surface area is 346 Å². The number of carbonyl (C=O) groups is 3. The zero-order valence-corrected chi connectivity index (χ0v) is 34.3. The van der Waals surface area contributed by atoms with Gasteiger partial charge in [0.15, 0.2) is 0 Å². The third-order valence-corrected chi connectivity index (χ3v) is 13.5. The Morgan fingerprint density at radius 3 is 2.47 bits per heavy atom. The lowest BCUT2D eigenvalue weighted by Gasteiger charge is -2.40. The second kappa shape index (κ2) is 16.2. The van der Waals surface area contributed by atoms with Gasteiger partial charge in [0.1, 0.15) is 23.2 Å². The standard InChI is InChI=1S/C41H44ClF3N8O5S/c1-50(25-13-15-52(16-14-25)30-17-24(42)18-31-36(30)51(2)40(57)53(31)29-11-12-35(54)49-38(29)56)21-22-7-9-23(10-8-22)39-48-28-19-32(58-3)27(20-33(28)59-39)47-37(55)26-5-4-6-34(46-26)41(43,44)45/h4-6,17-20,22-23,25,29H,7-16,21H2,1-3H3,(H,47,55)(H,49,54,56). The molecular formula is C41H44ClF3N8O5S. The molecule has 2 saturated heterocycles. The molecule has 1 saturated carbocycles. The van der Waals surface area contributed by atoms with Gasteiger partial charge in [0.25, 0.3) is 5.91 Å². The van der Waals surface area contributed by atoms with E-state index in [-0.39, 0.29) is 30.1 Å². The van der Waals surface area contributed by atoms with Crippen molar-refractivity contribution in [2.24, 2.45) is 13.0 Å². The number of ether oxygens (including phenoxy) is 1. The number of rotatable bonds is 9. The number of benzene rings is 2. The molecule has 2 aromatic carbocycles. The number of hydrogen-bond donors (Lipinski definition) is 2. The summed E-state index contributed by atoms with van der Waals surface area (Å²) in [6, 6.07) is 9.92. The van der Waals surface area contributed by atoms with Crippen molar-refractivity contribution in [3.05, 3.63) is 74.4 Å². The first kappa shape index (κ1) is 40.8. The molecule has 3 amide bonds. The molecule has 59 heavy (non-hydrogen) atoms. The number of fused-ring (bicyclic) bond motifs is 2. The Kier molecular flexibility index (Phi) is 11.2. The summed E-state index contributed by atoms with van der Waals surface area (Å²) < 4.78 is 49.0. The van der Waals surface area contributed by atoms with Crippen molar-refractivity contribution in [3.8, 4) is 5.75 Å². The third-order valence-electron chi connectivity index (χ3n) is 12.1. The predicted molar refractivity (Wildman–Crippen MR) is 220 cm³/mol. The SMILES string of the molecule is COc1cc2nc(C3CCC(CN(C)C4CCN(c5cc(Cl)cc6c5n(C)c(=O)n6C5CCC(=O)NC5=O)CC4)CC3)sc2cc1NC(=O)c1cccc(C(F)(F)F)n1. The highest BCUT2D eigenvalue weighted by molar-refractivity contribution is 7.18. The number of imidazole rings is 1. The molecule has 5 heterocycles. The molecule has 2 aliphatic heterocycles. The largest absolute Gasteiger partial charge is 0.494 e. The van der Waals surface area contributed by atoms with Crippen LogP contribution in [-0.2, 0) is 22.8 Å². The lowest BCUT2D eigenvalue weighted by atomic mass is 9.82. The Morgan fingerprint density at radius 2 is 1.78 bits per heavy atom. The molecule has 1 unspecified atom stereocenters. The highest BCUT2D eigenvalue weighted by atomic mass is 35.5. The first-order valence-electron chi connectivity index (χ1n) is 19.7. The van der Waals surface area contributed by atoms with Crippen LogP contribution >= 0.6 is 22.9 Å². The average Bonchev–Trinajstić information content (AvgIpc) is 3.74. The number of imide groups is 1. The van der Waals surface area contributed by atoms with Crippen LogP contribution in [0.1, 0.15) is 84.5 Å². The predicted octanol–water partition coefficient (Wildman–Crippen LogP) is 7.13. The molecule has 3 fully saturated rings. The van der Waals surface area contributed by atoms with E-state index in [2.05, 4.69) is 32.5 Å². The maximum absolute atomic E-state index is 13.5. The number of nitrogens with one attached hydrogen (secondary N) is 2. The molecule has 0 bridgehead atoms. The van der Waals surface area contributed by atoms with Crippen molar-refractivity contribution in [1.82, 2.24) is 29.3 Å². The number of piperidine rings is 2. The van der Waals surface area contributed by atoms with Gasteiger partial charge in [0.05, 0.1) is 44.7 Å². The number of aromatic nitrogens is 4. The zero-order valence-electron chi connectivity index (χ0n) is 32.8. The lowest BCUT2D eigenvalue weighted by molar-refractivity contribution is -0.141. The fourth-order valence-corrected chi connectivity index (χ4v) is 10.3. The molecule has 5 aromatic rings. The van der Waals surface area contributed by atoms with Crippen LogP contribution < -0.4 is 26.0 Å². The van der Waals surface area contributed by atoms with E-state index in [4.69, 9.17) is 21.3 Å². The minimum atomic E-state index is -4.67. The van der Waals surface area contributed by atoms with E-state index in [0.717, 1.165) is 96.7 Å². The first-order chi connectivity index (χ1) is 28.2. The minimum Gasteiger partial charge on any atom is -0.494 e. The molecule has 1 aliphatic carbocycles. The van der Waals surface area contributed by atoms with Gasteiger partial charge >= 0.3 is 11.9 Å². The number of nitrogens with zero attached hydrogens (tertiary/aromatic N) is 6. The Hall–Kier alpha value is -5.00. The van der Waals surface area contributed by atoms with E-state index in [0.29, 0.717) is 39.9 Å². The van der Waals surface area contributed by atoms with Crippen molar-refractivity contribution in [2.75, 3.05) is 44.0 Å². The summed E-state index contributed by atoms with van der Waals surface area (Å²) in [4.78, 5) is 64.2. The smallest absolute Gasteiger partial charge is 0.433 e. The van der Waals surface area contributed by atoms with E-state index < -0.39 is 29.7 Å². The summed E-state index contributed by atoms with van der Waals surface area (Å²) in [5, 5.41) is 6.52. The van der Waals surface area contributed by atoms with Crippen molar-refractivity contribution in [3.63, 3.8) is 0 Å². The second-order valence-corrected chi connectivity index (χ2v) is 17.3. The molecule has 18 heteroatoms. The minimum absolute atomic E-state index is 0.165. The van der Waals surface area contributed by atoms with Crippen molar-refractivity contribution in [1.29, 1.82) is 0 Å². The normalized spacial score (nSPS) is 20.7. The van der Waals surface area contributed by atoms with Crippen LogP contribution in [-0.4, -0.2) is 81.6 Å². The van der Waals surface area contributed by atoms with Crippen LogP contribution in [0.5, 0.6) is 5.75 Å². The third kappa shape index (κ3) is 8.16. The van der Waals surface area contributed by atoms with Gasteiger partial charge in [-0.05, 0) is 88.2 Å². The van der Waals surface area contributed by atoms with Crippen LogP contribution in [0.4, 0.5) is 24.5 Å². The van der Waals surface area contributed by atoms with Gasteiger partial charge in [0, 0.05) is 56.2 Å². The van der Waals surface area contributed by atoms with Gasteiger partial charge in [-0.3, -0.25) is 28.8 Å². The number of thiazole rings is 1. The average molecular weight is 853 g/mol. The number of amides is 3. The van der Waals surface area contributed by atoms with E-state index in [1.807, 2.05) is 6.07 Å². The molecule has 8 rings (SSSR count). The maximum Gasteiger partial charge on any atom is 0.433 e. The summed E-state index contributed by atoms with van der Waals surface area (Å²) in [5.74, 6) is -0.401. The van der Waals surface area contributed by atoms with E-state index in [9.17, 15) is 32.3 Å². The van der Waals surface area contributed by atoms with E-state index in [1.54, 1.807) is 41.2 Å². The number of methoxy groups -OCH3 is 1. The van der Waals surface area contributed by atoms with Crippen molar-refractivity contribution < 1.29 is 32.3 Å². The van der Waals surface area contributed by atoms with Crippen molar-refractivity contribution in [2.45, 2.75) is 75.5 Å². The fraction of sp³-hybridized carbons (Fsp3) is 0.463. The summed E-state index contributed by atoms with van der Waals surface area (Å²) in [5.41, 5.74) is 1.41. The molecule has 0 spiro atoms. The second-order valence-electron chi connectivity index (χ2n) is 15.8. The van der Waals surface area contributed by atoms with Gasteiger partial charge in [-0.2, -0.15) is 13.2 Å². The number of hydrogen-bond acceptors (Lipinski definition) is 10. The monoisotopic (exact) mass is 852 g/mol. The van der Waals surface area contributed by atoms with E-state index in [1.165, 1.54) is 17.7 Å². The van der Waals surface area contributed by atoms with Gasteiger partial charge < -0.3 is 19.9 Å².